The van der Waals surface area contributed by atoms with Gasteiger partial charge in [0.25, 0.3) is 11.8 Å². The van der Waals surface area contributed by atoms with Crippen LogP contribution in [0, 0.1) is 0 Å². The number of hydrogen-bond donors (Lipinski definition) is 2. The predicted molar refractivity (Wildman–Crippen MR) is 186 cm³/mol. The average Bonchev–Trinajstić information content (AvgIpc) is 3.40. The molecule has 2 aromatic heterocycles. The average molecular weight is 734 g/mol. The van der Waals surface area contributed by atoms with Crippen LogP contribution in [0.1, 0.15) is 56.5 Å². The number of esters is 1. The van der Waals surface area contributed by atoms with Crippen molar-refractivity contribution in [3.05, 3.63) is 82.3 Å². The molecule has 1 atom stereocenters. The highest BCUT2D eigenvalue weighted by atomic mass is 35.5. The van der Waals surface area contributed by atoms with Crippen LogP contribution in [0.4, 0.5) is 14.5 Å². The van der Waals surface area contributed by atoms with E-state index in [2.05, 4.69) is 29.5 Å². The first-order valence-corrected chi connectivity index (χ1v) is 16.6. The summed E-state index contributed by atoms with van der Waals surface area (Å²) >= 11 is 10.9. The fourth-order valence-electron chi connectivity index (χ4n) is 5.34. The second-order valence-corrected chi connectivity index (χ2v) is 13.3. The number of rotatable bonds is 10. The highest BCUT2D eigenvalue weighted by Gasteiger charge is 2.52. The van der Waals surface area contributed by atoms with Gasteiger partial charge in [0, 0.05) is 35.1 Å². The summed E-state index contributed by atoms with van der Waals surface area (Å²) in [5.74, 6) is -6.38. The zero-order valence-corrected chi connectivity index (χ0v) is 29.2. The Balaban J connectivity index is 0.00000181. The molecule has 15 heteroatoms. The largest absolute Gasteiger partial charge is 0.459 e. The molecule has 1 fully saturated rings. The maximum atomic E-state index is 14.7. The number of nitrogens with zero attached hydrogens (tertiary/aromatic N) is 2. The van der Waals surface area contributed by atoms with Gasteiger partial charge < -0.3 is 24.7 Å². The number of amides is 2. The summed E-state index contributed by atoms with van der Waals surface area (Å²) < 4.78 is 39.5. The first-order chi connectivity index (χ1) is 23.6. The van der Waals surface area contributed by atoms with Gasteiger partial charge in [0.1, 0.15) is 12.2 Å². The number of carbonyl (C=O) groups is 4. The van der Waals surface area contributed by atoms with Gasteiger partial charge in [0.2, 0.25) is 10.7 Å². The van der Waals surface area contributed by atoms with Gasteiger partial charge in [0.05, 0.1) is 41.3 Å². The van der Waals surface area contributed by atoms with E-state index in [0.29, 0.717) is 22.0 Å². The van der Waals surface area contributed by atoms with E-state index in [1.165, 1.54) is 44.7 Å². The topological polar surface area (TPSA) is 148 Å². The third-order valence-electron chi connectivity index (χ3n) is 7.62. The number of nitrogens with one attached hydrogen (secondary N) is 2. The maximum Gasteiger partial charge on any atom is 0.342 e. The second-order valence-electron chi connectivity index (χ2n) is 12.2. The minimum absolute atomic E-state index is 0.0355. The van der Waals surface area contributed by atoms with E-state index in [4.69, 9.17) is 32.4 Å². The standard InChI is InChI=1S/C32H28Cl2F2N4O7.C3H8/c1-31(2,39-19-8-7-17-11-18(15-46-30(45)27(33)34)29(44)47-24(17)12-19)26(42)23-13-32(35,36)16-40(23)25(41)14-38-28(43)21-9-10-37-22-6-4-3-5-20(21)22;1-3-2/h3-12,23,27,39H,13-16H2,1-2H3,(H,38,43);3H2,1-2H3. The monoisotopic (exact) mass is 732 g/mol. The number of benzene rings is 2. The molecule has 0 saturated carbocycles. The summed E-state index contributed by atoms with van der Waals surface area (Å²) in [6.07, 6.45) is 1.81. The molecule has 1 aliphatic heterocycles. The summed E-state index contributed by atoms with van der Waals surface area (Å²) in [5, 5.41) is 6.48. The number of hydrogen-bond acceptors (Lipinski definition) is 9. The lowest BCUT2D eigenvalue weighted by molar-refractivity contribution is -0.142. The lowest BCUT2D eigenvalue weighted by Gasteiger charge is -2.32. The minimum atomic E-state index is -3.33. The van der Waals surface area contributed by atoms with Gasteiger partial charge in [-0.25, -0.2) is 18.4 Å². The van der Waals surface area contributed by atoms with Crippen molar-refractivity contribution >= 4 is 74.3 Å². The lowest BCUT2D eigenvalue weighted by atomic mass is 9.91. The summed E-state index contributed by atoms with van der Waals surface area (Å²) in [6.45, 7) is 5.20. The zero-order chi connectivity index (χ0) is 36.8. The van der Waals surface area contributed by atoms with E-state index in [-0.39, 0.29) is 16.7 Å². The van der Waals surface area contributed by atoms with Crippen LogP contribution in [0.15, 0.2) is 70.0 Å². The summed E-state index contributed by atoms with van der Waals surface area (Å²) in [4.78, 5) is 67.3. The molecule has 0 bridgehead atoms. The molecule has 3 heterocycles. The smallest absolute Gasteiger partial charge is 0.342 e. The van der Waals surface area contributed by atoms with Crippen molar-refractivity contribution < 1.29 is 37.1 Å². The van der Waals surface area contributed by atoms with Gasteiger partial charge in [0.15, 0.2) is 5.78 Å². The lowest BCUT2D eigenvalue weighted by Crippen LogP contribution is -2.53. The van der Waals surface area contributed by atoms with Crippen molar-refractivity contribution in [1.82, 2.24) is 15.2 Å². The van der Waals surface area contributed by atoms with Crippen LogP contribution in [0.2, 0.25) is 0 Å². The number of halogens is 4. The third kappa shape index (κ3) is 9.13. The number of fused-ring (bicyclic) bond motifs is 2. The van der Waals surface area contributed by atoms with Gasteiger partial charge in [-0.15, -0.1) is 0 Å². The van der Waals surface area contributed by atoms with Gasteiger partial charge in [-0.2, -0.15) is 0 Å². The number of anilines is 1. The van der Waals surface area contributed by atoms with Crippen LogP contribution < -0.4 is 16.3 Å². The Hall–Kier alpha value is -4.62. The van der Waals surface area contributed by atoms with Gasteiger partial charge in [-0.1, -0.05) is 61.7 Å². The van der Waals surface area contributed by atoms with Crippen LogP contribution in [0.25, 0.3) is 21.9 Å². The molecule has 5 rings (SSSR count). The molecule has 11 nitrogen and oxygen atoms in total. The highest BCUT2D eigenvalue weighted by molar-refractivity contribution is 6.52. The van der Waals surface area contributed by atoms with E-state index in [1.807, 2.05) is 0 Å². The van der Waals surface area contributed by atoms with E-state index in [9.17, 15) is 32.8 Å². The van der Waals surface area contributed by atoms with Gasteiger partial charge >= 0.3 is 11.6 Å². The Bertz CT molecular complexity index is 1960. The fourth-order valence-corrected chi connectivity index (χ4v) is 5.47. The van der Waals surface area contributed by atoms with Crippen LogP contribution in [-0.2, 0) is 25.7 Å². The molecule has 2 aromatic carbocycles. The summed E-state index contributed by atoms with van der Waals surface area (Å²) in [6, 6.07) is 13.0. The van der Waals surface area contributed by atoms with Crippen molar-refractivity contribution in [2.75, 3.05) is 18.4 Å². The number of para-hydroxylation sites is 1. The summed E-state index contributed by atoms with van der Waals surface area (Å²) in [5.41, 5.74) is -0.935. The zero-order valence-electron chi connectivity index (χ0n) is 27.7. The Labute approximate surface area is 296 Å². The van der Waals surface area contributed by atoms with Crippen LogP contribution in [0.3, 0.4) is 0 Å². The fraction of sp³-hybridized carbons (Fsp3) is 0.371. The highest BCUT2D eigenvalue weighted by Crippen LogP contribution is 2.35. The number of ketones is 1. The first kappa shape index (κ1) is 38.2. The van der Waals surface area contributed by atoms with Crippen molar-refractivity contribution in [2.24, 2.45) is 0 Å². The molecule has 266 valence electrons. The van der Waals surface area contributed by atoms with E-state index >= 15 is 0 Å². The van der Waals surface area contributed by atoms with Crippen molar-refractivity contribution in [1.29, 1.82) is 0 Å². The Morgan fingerprint density at radius 3 is 2.50 bits per heavy atom. The van der Waals surface area contributed by atoms with E-state index in [0.717, 1.165) is 4.90 Å². The molecule has 1 unspecified atom stereocenters. The number of aromatic nitrogens is 1. The first-order valence-electron chi connectivity index (χ1n) is 15.7. The molecule has 50 heavy (non-hydrogen) atoms. The second kappa shape index (κ2) is 15.9. The summed E-state index contributed by atoms with van der Waals surface area (Å²) in [7, 11) is 0. The van der Waals surface area contributed by atoms with Gasteiger partial charge in [-0.3, -0.25) is 19.4 Å². The molecule has 1 aliphatic rings. The number of alkyl halides is 4. The normalized spacial score (nSPS) is 15.4. The van der Waals surface area contributed by atoms with E-state index in [1.54, 1.807) is 36.4 Å². The Morgan fingerprint density at radius 1 is 1.10 bits per heavy atom. The molecule has 0 spiro atoms. The number of carbonyl (C=O) groups excluding carboxylic acids is 4. The van der Waals surface area contributed by atoms with Crippen molar-refractivity contribution in [3.63, 3.8) is 0 Å². The number of Topliss-reactive ketones (excluding diaryl/α,β-unsaturated/α-hetero) is 1. The quantitative estimate of drug-likeness (QED) is 0.113. The van der Waals surface area contributed by atoms with Gasteiger partial charge in [-0.05, 0) is 44.2 Å². The maximum absolute atomic E-state index is 14.7. The number of likely N-dealkylation sites (tertiary alicyclic amines) is 1. The third-order valence-corrected chi connectivity index (χ3v) is 7.97. The van der Waals surface area contributed by atoms with Crippen molar-refractivity contribution in [3.8, 4) is 0 Å². The van der Waals surface area contributed by atoms with Crippen LogP contribution in [-0.4, -0.2) is 68.9 Å². The Morgan fingerprint density at radius 2 is 1.80 bits per heavy atom. The molecule has 2 amide bonds. The molecule has 2 N–H and O–H groups in total. The van der Waals surface area contributed by atoms with Crippen molar-refractivity contribution in [2.45, 2.75) is 69.5 Å². The molecule has 0 aliphatic carbocycles. The SMILES string of the molecule is CC(C)(Nc1ccc2cc(COC(=O)C(Cl)Cl)c(=O)oc2c1)C(=O)C1CC(F)(F)CN1C(=O)CNC(=O)c1ccnc2ccccc12.CCC. The Kier molecular flexibility index (Phi) is 12.2. The number of pyridine rings is 1. The molecular weight excluding hydrogens is 697 g/mol. The molecule has 1 saturated heterocycles. The van der Waals surface area contributed by atoms with E-state index < -0.39 is 77.6 Å². The predicted octanol–water partition coefficient (Wildman–Crippen LogP) is 6.03. The van der Waals surface area contributed by atoms with Crippen LogP contribution in [0.5, 0.6) is 0 Å². The van der Waals surface area contributed by atoms with Crippen LogP contribution >= 0.6 is 23.2 Å². The number of ether oxygens (including phenoxy) is 1. The molecule has 4 aromatic rings. The minimum Gasteiger partial charge on any atom is -0.459 e. The molecular formula is C35H36Cl2F2N4O7. The molecule has 0 radical (unpaired) electrons.